The molecule has 0 atom stereocenters. The Morgan fingerprint density at radius 3 is 2.84 bits per heavy atom. The van der Waals surface area contributed by atoms with Gasteiger partial charge in [-0.1, -0.05) is 24.3 Å². The highest BCUT2D eigenvalue weighted by molar-refractivity contribution is 5.62. The van der Waals surface area contributed by atoms with E-state index in [1.54, 1.807) is 7.11 Å². The van der Waals surface area contributed by atoms with Gasteiger partial charge in [0.25, 0.3) is 5.89 Å². The van der Waals surface area contributed by atoms with Crippen molar-refractivity contribution in [2.45, 2.75) is 32.2 Å². The highest BCUT2D eigenvalue weighted by atomic mass is 16.5. The molecule has 1 aliphatic rings. The van der Waals surface area contributed by atoms with E-state index in [9.17, 15) is 0 Å². The summed E-state index contributed by atoms with van der Waals surface area (Å²) in [6.07, 6.45) is 4.84. The topological polar surface area (TPSA) is 60.2 Å². The van der Waals surface area contributed by atoms with Crippen LogP contribution < -0.4 is 10.1 Å². The van der Waals surface area contributed by atoms with Crippen LogP contribution in [0, 0.1) is 0 Å². The Labute approximate surface area is 147 Å². The number of benzene rings is 2. The van der Waals surface area contributed by atoms with Gasteiger partial charge in [-0.25, -0.2) is 0 Å². The number of hydrogen-bond acceptors (Lipinski definition) is 5. The van der Waals surface area contributed by atoms with Crippen LogP contribution >= 0.6 is 0 Å². The molecule has 0 unspecified atom stereocenters. The third-order valence-corrected chi connectivity index (χ3v) is 4.63. The van der Waals surface area contributed by atoms with Gasteiger partial charge in [-0.3, -0.25) is 0 Å². The summed E-state index contributed by atoms with van der Waals surface area (Å²) in [6.45, 7) is 0.513. The molecule has 1 aromatic heterocycles. The minimum Gasteiger partial charge on any atom is -0.496 e. The summed E-state index contributed by atoms with van der Waals surface area (Å²) in [6, 6.07) is 14.1. The van der Waals surface area contributed by atoms with Gasteiger partial charge in [0.2, 0.25) is 5.89 Å². The van der Waals surface area contributed by atoms with Gasteiger partial charge in [-0.2, -0.15) is 0 Å². The molecule has 0 radical (unpaired) electrons. The fraction of sp³-hybridized carbons (Fsp3) is 0.300. The van der Waals surface area contributed by atoms with E-state index in [2.05, 4.69) is 33.7 Å². The molecular weight excluding hydrogens is 314 g/mol. The first-order valence-corrected chi connectivity index (χ1v) is 8.65. The molecule has 2 aromatic carbocycles. The average Bonchev–Trinajstić information content (AvgIpc) is 3.15. The quantitative estimate of drug-likeness (QED) is 0.756. The Morgan fingerprint density at radius 2 is 1.92 bits per heavy atom. The SMILES string of the molecule is COc1ccccc1-c1nnc(CNc2cccc3c2CCCC3)o1. The van der Waals surface area contributed by atoms with Crippen molar-refractivity contribution < 1.29 is 9.15 Å². The minimum absolute atomic E-state index is 0.476. The molecule has 0 amide bonds. The fourth-order valence-corrected chi connectivity index (χ4v) is 3.37. The van der Waals surface area contributed by atoms with E-state index in [1.165, 1.54) is 36.1 Å². The van der Waals surface area contributed by atoms with Gasteiger partial charge in [0.15, 0.2) is 0 Å². The van der Waals surface area contributed by atoms with Crippen molar-refractivity contribution in [2.75, 3.05) is 12.4 Å². The Balaban J connectivity index is 1.51. The van der Waals surface area contributed by atoms with Gasteiger partial charge < -0.3 is 14.5 Å². The van der Waals surface area contributed by atoms with Crippen LogP contribution in [0.4, 0.5) is 5.69 Å². The number of fused-ring (bicyclic) bond motifs is 1. The summed E-state index contributed by atoms with van der Waals surface area (Å²) in [5, 5.41) is 11.8. The van der Waals surface area contributed by atoms with E-state index in [4.69, 9.17) is 9.15 Å². The van der Waals surface area contributed by atoms with E-state index in [0.29, 0.717) is 18.3 Å². The average molecular weight is 335 g/mol. The highest BCUT2D eigenvalue weighted by Gasteiger charge is 2.15. The number of hydrogen-bond donors (Lipinski definition) is 1. The van der Waals surface area contributed by atoms with Gasteiger partial charge >= 0.3 is 0 Å². The third kappa shape index (κ3) is 3.22. The second-order valence-electron chi connectivity index (χ2n) is 6.21. The molecule has 0 fully saturated rings. The standard InChI is InChI=1S/C20H21N3O2/c1-24-18-12-5-4-10-16(18)20-23-22-19(25-20)13-21-17-11-6-8-14-7-2-3-9-15(14)17/h4-6,8,10-12,21H,2-3,7,9,13H2,1H3. The highest BCUT2D eigenvalue weighted by Crippen LogP contribution is 2.30. The fourth-order valence-electron chi connectivity index (χ4n) is 3.37. The zero-order valence-corrected chi connectivity index (χ0v) is 14.3. The third-order valence-electron chi connectivity index (χ3n) is 4.63. The molecule has 25 heavy (non-hydrogen) atoms. The summed E-state index contributed by atoms with van der Waals surface area (Å²) in [4.78, 5) is 0. The van der Waals surface area contributed by atoms with E-state index in [0.717, 1.165) is 17.7 Å². The van der Waals surface area contributed by atoms with Crippen molar-refractivity contribution >= 4 is 5.69 Å². The molecular formula is C20H21N3O2. The lowest BCUT2D eigenvalue weighted by molar-refractivity contribution is 0.413. The predicted octanol–water partition coefficient (Wildman–Crippen LogP) is 4.24. The monoisotopic (exact) mass is 335 g/mol. The van der Waals surface area contributed by atoms with Crippen molar-refractivity contribution in [3.8, 4) is 17.2 Å². The maximum Gasteiger partial charge on any atom is 0.251 e. The molecule has 4 rings (SSSR count). The lowest BCUT2D eigenvalue weighted by atomic mass is 9.90. The normalized spacial score (nSPS) is 13.3. The molecule has 128 valence electrons. The number of nitrogens with one attached hydrogen (secondary N) is 1. The molecule has 1 heterocycles. The molecule has 0 aliphatic heterocycles. The number of anilines is 1. The van der Waals surface area contributed by atoms with Crippen molar-refractivity contribution in [1.82, 2.24) is 10.2 Å². The molecule has 5 heteroatoms. The Bertz CT molecular complexity index is 873. The van der Waals surface area contributed by atoms with Crippen molar-refractivity contribution in [3.05, 3.63) is 59.5 Å². The van der Waals surface area contributed by atoms with Crippen LogP contribution in [-0.2, 0) is 19.4 Å². The van der Waals surface area contributed by atoms with Gasteiger partial charge in [-0.15, -0.1) is 10.2 Å². The molecule has 0 saturated heterocycles. The first kappa shape index (κ1) is 15.7. The second-order valence-corrected chi connectivity index (χ2v) is 6.21. The number of aryl methyl sites for hydroxylation is 1. The van der Waals surface area contributed by atoms with E-state index < -0.39 is 0 Å². The van der Waals surface area contributed by atoms with Crippen LogP contribution in [0.5, 0.6) is 5.75 Å². The number of aromatic nitrogens is 2. The van der Waals surface area contributed by atoms with Crippen molar-refractivity contribution in [1.29, 1.82) is 0 Å². The van der Waals surface area contributed by atoms with Gasteiger partial charge in [-0.05, 0) is 55.0 Å². The molecule has 1 aliphatic carbocycles. The number of rotatable bonds is 5. The van der Waals surface area contributed by atoms with Gasteiger partial charge in [0.05, 0.1) is 19.2 Å². The zero-order valence-electron chi connectivity index (χ0n) is 14.3. The van der Waals surface area contributed by atoms with Crippen molar-refractivity contribution in [2.24, 2.45) is 0 Å². The van der Waals surface area contributed by atoms with Gasteiger partial charge in [0, 0.05) is 5.69 Å². The molecule has 0 saturated carbocycles. The Hall–Kier alpha value is -2.82. The first-order valence-electron chi connectivity index (χ1n) is 8.65. The van der Waals surface area contributed by atoms with Crippen LogP contribution in [0.1, 0.15) is 29.9 Å². The predicted molar refractivity (Wildman–Crippen MR) is 96.7 cm³/mol. The van der Waals surface area contributed by atoms with Crippen LogP contribution in [0.3, 0.4) is 0 Å². The van der Waals surface area contributed by atoms with E-state index >= 15 is 0 Å². The summed E-state index contributed by atoms with van der Waals surface area (Å²) in [7, 11) is 1.64. The molecule has 0 spiro atoms. The summed E-state index contributed by atoms with van der Waals surface area (Å²) in [5.41, 5.74) is 4.87. The molecule has 5 nitrogen and oxygen atoms in total. The maximum atomic E-state index is 5.81. The van der Waals surface area contributed by atoms with Crippen LogP contribution in [0.25, 0.3) is 11.5 Å². The van der Waals surface area contributed by atoms with E-state index in [1.807, 2.05) is 24.3 Å². The lowest BCUT2D eigenvalue weighted by Gasteiger charge is -2.19. The molecule has 0 bridgehead atoms. The van der Waals surface area contributed by atoms with Crippen LogP contribution in [-0.4, -0.2) is 17.3 Å². The smallest absolute Gasteiger partial charge is 0.251 e. The van der Waals surface area contributed by atoms with E-state index in [-0.39, 0.29) is 0 Å². The van der Waals surface area contributed by atoms with Crippen molar-refractivity contribution in [3.63, 3.8) is 0 Å². The minimum atomic E-state index is 0.476. The summed E-state index contributed by atoms with van der Waals surface area (Å²) < 4.78 is 11.2. The number of ether oxygens (including phenoxy) is 1. The van der Waals surface area contributed by atoms with Gasteiger partial charge in [0.1, 0.15) is 5.75 Å². The summed E-state index contributed by atoms with van der Waals surface area (Å²) in [5.74, 6) is 1.77. The number of nitrogens with zero attached hydrogens (tertiary/aromatic N) is 2. The number of methoxy groups -OCH3 is 1. The molecule has 3 aromatic rings. The summed E-state index contributed by atoms with van der Waals surface area (Å²) >= 11 is 0. The lowest BCUT2D eigenvalue weighted by Crippen LogP contribution is -2.08. The number of para-hydroxylation sites is 1. The largest absolute Gasteiger partial charge is 0.496 e. The van der Waals surface area contributed by atoms with Crippen LogP contribution in [0.2, 0.25) is 0 Å². The second kappa shape index (κ2) is 6.97. The Kier molecular flexibility index (Phi) is 4.37. The Morgan fingerprint density at radius 1 is 1.04 bits per heavy atom. The maximum absolute atomic E-state index is 5.81. The first-order chi connectivity index (χ1) is 12.3. The van der Waals surface area contributed by atoms with Crippen LogP contribution in [0.15, 0.2) is 46.9 Å². The zero-order chi connectivity index (χ0) is 17.1. The molecule has 1 N–H and O–H groups in total.